The minimum Gasteiger partial charge on any atom is -0.264 e. The van der Waals surface area contributed by atoms with Crippen molar-refractivity contribution in [3.05, 3.63) is 47.1 Å². The Labute approximate surface area is 121 Å². The Bertz CT molecular complexity index is 738. The second-order valence-corrected chi connectivity index (χ2v) is 4.96. The molecule has 0 amide bonds. The molecule has 20 heavy (non-hydrogen) atoms. The molecule has 3 heterocycles. The van der Waals surface area contributed by atoms with Gasteiger partial charge in [0.1, 0.15) is 10.7 Å². The van der Waals surface area contributed by atoms with Crippen LogP contribution in [0.5, 0.6) is 0 Å². The second-order valence-electron chi connectivity index (χ2n) is 4.57. The smallest absolute Gasteiger partial charge is 0.179 e. The topological polar surface area (TPSA) is 56.5 Å². The van der Waals surface area contributed by atoms with E-state index in [4.69, 9.17) is 11.6 Å². The van der Waals surface area contributed by atoms with E-state index in [1.54, 1.807) is 12.4 Å². The lowest BCUT2D eigenvalue weighted by atomic mass is 10.1. The van der Waals surface area contributed by atoms with Gasteiger partial charge < -0.3 is 0 Å². The number of hydrogen-bond donors (Lipinski definition) is 0. The summed E-state index contributed by atoms with van der Waals surface area (Å²) in [6, 6.07) is 3.96. The molecule has 3 rings (SSSR count). The Balaban J connectivity index is 2.18. The van der Waals surface area contributed by atoms with Gasteiger partial charge in [0, 0.05) is 12.4 Å². The average molecular weight is 288 g/mol. The van der Waals surface area contributed by atoms with E-state index in [0.717, 1.165) is 23.2 Å². The normalized spacial score (nSPS) is 12.8. The first-order valence-electron chi connectivity index (χ1n) is 6.50. The maximum absolute atomic E-state index is 5.97. The summed E-state index contributed by atoms with van der Waals surface area (Å²) in [7, 11) is 0. The Kier molecular flexibility index (Phi) is 3.36. The molecule has 0 saturated heterocycles. The lowest BCUT2D eigenvalue weighted by Crippen LogP contribution is -2.09. The lowest BCUT2D eigenvalue weighted by Gasteiger charge is -2.12. The molecule has 102 valence electrons. The van der Waals surface area contributed by atoms with Gasteiger partial charge in [-0.1, -0.05) is 24.6 Å². The summed E-state index contributed by atoms with van der Waals surface area (Å²) in [5.74, 6) is 0. The molecule has 1 atom stereocenters. The maximum Gasteiger partial charge on any atom is 0.179 e. The SMILES string of the molecule is CCc1nn([C@@H](C)c2cccnc2)c2nc(Cl)cnc12. The minimum atomic E-state index is 0.0271. The zero-order valence-electron chi connectivity index (χ0n) is 11.3. The van der Waals surface area contributed by atoms with Gasteiger partial charge >= 0.3 is 0 Å². The largest absolute Gasteiger partial charge is 0.264 e. The van der Waals surface area contributed by atoms with Crippen molar-refractivity contribution >= 4 is 22.8 Å². The molecule has 6 heteroatoms. The third kappa shape index (κ3) is 2.14. The number of rotatable bonds is 3. The van der Waals surface area contributed by atoms with Crippen molar-refractivity contribution in [3.63, 3.8) is 0 Å². The number of nitrogens with zero attached hydrogens (tertiary/aromatic N) is 5. The van der Waals surface area contributed by atoms with Crippen LogP contribution < -0.4 is 0 Å². The highest BCUT2D eigenvalue weighted by Crippen LogP contribution is 2.24. The van der Waals surface area contributed by atoms with Gasteiger partial charge in [0.15, 0.2) is 5.65 Å². The summed E-state index contributed by atoms with van der Waals surface area (Å²) in [4.78, 5) is 12.9. The predicted molar refractivity (Wildman–Crippen MR) is 77.8 cm³/mol. The van der Waals surface area contributed by atoms with Crippen LogP contribution in [-0.2, 0) is 6.42 Å². The van der Waals surface area contributed by atoms with E-state index in [9.17, 15) is 0 Å². The number of halogens is 1. The molecule has 0 aliphatic heterocycles. The van der Waals surface area contributed by atoms with Crippen LogP contribution >= 0.6 is 11.6 Å². The number of aromatic nitrogens is 5. The quantitative estimate of drug-likeness (QED) is 0.743. The van der Waals surface area contributed by atoms with Crippen LogP contribution in [-0.4, -0.2) is 24.7 Å². The fraction of sp³-hybridized carbons (Fsp3) is 0.286. The van der Waals surface area contributed by atoms with Crippen LogP contribution in [0.3, 0.4) is 0 Å². The van der Waals surface area contributed by atoms with Crippen molar-refractivity contribution in [3.8, 4) is 0 Å². The van der Waals surface area contributed by atoms with E-state index in [1.807, 2.05) is 23.0 Å². The molecule has 0 fully saturated rings. The number of hydrogen-bond acceptors (Lipinski definition) is 4. The molecule has 0 unspecified atom stereocenters. The molecule has 0 radical (unpaired) electrons. The number of aryl methyl sites for hydroxylation is 1. The highest BCUT2D eigenvalue weighted by molar-refractivity contribution is 6.29. The molecule has 5 nitrogen and oxygen atoms in total. The third-order valence-electron chi connectivity index (χ3n) is 3.31. The Morgan fingerprint density at radius 1 is 1.35 bits per heavy atom. The predicted octanol–water partition coefficient (Wildman–Crippen LogP) is 3.05. The molecular formula is C14H14ClN5. The van der Waals surface area contributed by atoms with Crippen molar-refractivity contribution in [1.82, 2.24) is 24.7 Å². The second kappa shape index (κ2) is 5.17. The summed E-state index contributed by atoms with van der Waals surface area (Å²) in [6.45, 7) is 4.11. The maximum atomic E-state index is 5.97. The van der Waals surface area contributed by atoms with Crippen molar-refractivity contribution in [1.29, 1.82) is 0 Å². The molecule has 3 aromatic heterocycles. The van der Waals surface area contributed by atoms with E-state index >= 15 is 0 Å². The number of fused-ring (bicyclic) bond motifs is 1. The van der Waals surface area contributed by atoms with Gasteiger partial charge in [-0.25, -0.2) is 14.6 Å². The van der Waals surface area contributed by atoms with Crippen molar-refractivity contribution in [2.75, 3.05) is 0 Å². The van der Waals surface area contributed by atoms with E-state index in [1.165, 1.54) is 0 Å². The zero-order chi connectivity index (χ0) is 14.1. The fourth-order valence-corrected chi connectivity index (χ4v) is 2.35. The molecule has 0 N–H and O–H groups in total. The Hall–Kier alpha value is -2.01. The molecule has 0 aliphatic carbocycles. The molecule has 3 aromatic rings. The fourth-order valence-electron chi connectivity index (χ4n) is 2.22. The lowest BCUT2D eigenvalue weighted by molar-refractivity contribution is 0.570. The van der Waals surface area contributed by atoms with Gasteiger partial charge in [0.2, 0.25) is 0 Å². The van der Waals surface area contributed by atoms with E-state index in [0.29, 0.717) is 10.8 Å². The van der Waals surface area contributed by atoms with Crippen LogP contribution in [0.2, 0.25) is 5.15 Å². The Morgan fingerprint density at radius 3 is 2.90 bits per heavy atom. The van der Waals surface area contributed by atoms with E-state index in [2.05, 4.69) is 33.9 Å². The molecular weight excluding hydrogens is 274 g/mol. The Morgan fingerprint density at radius 2 is 2.20 bits per heavy atom. The highest BCUT2D eigenvalue weighted by atomic mass is 35.5. The van der Waals surface area contributed by atoms with Gasteiger partial charge in [0.05, 0.1) is 17.9 Å². The average Bonchev–Trinajstić information content (AvgIpc) is 2.85. The van der Waals surface area contributed by atoms with Crippen LogP contribution in [0.1, 0.15) is 31.1 Å². The summed E-state index contributed by atoms with van der Waals surface area (Å²) < 4.78 is 1.87. The summed E-state index contributed by atoms with van der Waals surface area (Å²) in [5.41, 5.74) is 3.53. The van der Waals surface area contributed by atoms with Gasteiger partial charge in [-0.05, 0) is 25.0 Å². The first kappa shape index (κ1) is 13.0. The van der Waals surface area contributed by atoms with Crippen LogP contribution in [0.4, 0.5) is 0 Å². The molecule has 0 aromatic carbocycles. The van der Waals surface area contributed by atoms with E-state index < -0.39 is 0 Å². The van der Waals surface area contributed by atoms with Gasteiger partial charge in [0.25, 0.3) is 0 Å². The first-order valence-corrected chi connectivity index (χ1v) is 6.88. The van der Waals surface area contributed by atoms with E-state index in [-0.39, 0.29) is 6.04 Å². The standard InChI is InChI=1S/C14H14ClN5/c1-3-11-13-14(18-12(15)8-17-13)20(19-11)9(2)10-5-4-6-16-7-10/h4-9H,3H2,1-2H3/t9-/m0/s1. The van der Waals surface area contributed by atoms with Crippen molar-refractivity contribution in [2.45, 2.75) is 26.3 Å². The summed E-state index contributed by atoms with van der Waals surface area (Å²) >= 11 is 5.97. The molecule has 0 spiro atoms. The van der Waals surface area contributed by atoms with Gasteiger partial charge in [-0.2, -0.15) is 5.10 Å². The zero-order valence-corrected chi connectivity index (χ0v) is 12.0. The molecule has 0 aliphatic rings. The van der Waals surface area contributed by atoms with Crippen molar-refractivity contribution < 1.29 is 0 Å². The first-order chi connectivity index (χ1) is 9.70. The summed E-state index contributed by atoms with van der Waals surface area (Å²) in [5, 5.41) is 5.01. The molecule has 0 bridgehead atoms. The number of pyridine rings is 1. The third-order valence-corrected chi connectivity index (χ3v) is 3.49. The summed E-state index contributed by atoms with van der Waals surface area (Å²) in [6.07, 6.45) is 5.96. The van der Waals surface area contributed by atoms with Crippen molar-refractivity contribution in [2.24, 2.45) is 0 Å². The van der Waals surface area contributed by atoms with Gasteiger partial charge in [-0.3, -0.25) is 4.98 Å². The molecule has 0 saturated carbocycles. The minimum absolute atomic E-state index is 0.0271. The van der Waals surface area contributed by atoms with Gasteiger partial charge in [-0.15, -0.1) is 0 Å². The van der Waals surface area contributed by atoms with Crippen LogP contribution in [0.15, 0.2) is 30.7 Å². The van der Waals surface area contributed by atoms with Crippen LogP contribution in [0, 0.1) is 0 Å². The highest BCUT2D eigenvalue weighted by Gasteiger charge is 2.18. The monoisotopic (exact) mass is 287 g/mol. The van der Waals surface area contributed by atoms with Crippen LogP contribution in [0.25, 0.3) is 11.2 Å².